The van der Waals surface area contributed by atoms with Crippen LogP contribution in [0.3, 0.4) is 0 Å². The largest absolute Gasteiger partial charge is 0.512 e. The number of carbonyl (C=O) groups excluding carboxylic acids is 1. The number of hydrogen-bond donors (Lipinski definition) is 1. The molecule has 2 aromatic carbocycles. The maximum atomic E-state index is 12.6. The Morgan fingerprint density at radius 3 is 2.13 bits per heavy atom. The van der Waals surface area contributed by atoms with Crippen LogP contribution in [0.5, 0.6) is 0 Å². The van der Waals surface area contributed by atoms with Crippen LogP contribution >= 0.6 is 0 Å². The molecule has 0 unspecified atom stereocenters. The Hall–Kier alpha value is -2.50. The molecule has 39 heavy (non-hydrogen) atoms. The third-order valence-electron chi connectivity index (χ3n) is 6.72. The molecule has 0 saturated carbocycles. The Morgan fingerprint density at radius 2 is 1.59 bits per heavy atom. The number of pyridine rings is 1. The number of carbonyl (C=O) groups is 1. The minimum Gasteiger partial charge on any atom is -0.512 e. The molecule has 0 atom stereocenters. The third-order valence-corrected chi connectivity index (χ3v) is 6.72. The van der Waals surface area contributed by atoms with Crippen LogP contribution in [0, 0.1) is 31.7 Å². The molecule has 3 rings (SSSR count). The van der Waals surface area contributed by atoms with Crippen LogP contribution in [0.1, 0.15) is 70.1 Å². The van der Waals surface area contributed by atoms with Gasteiger partial charge in [0.05, 0.1) is 12.2 Å². The smallest absolute Gasteiger partial charge is 0.393 e. The summed E-state index contributed by atoms with van der Waals surface area (Å²) < 4.78 is 37.7. The van der Waals surface area contributed by atoms with Crippen molar-refractivity contribution in [2.45, 2.75) is 79.8 Å². The second-order valence-corrected chi connectivity index (χ2v) is 9.76. The first-order valence-corrected chi connectivity index (χ1v) is 13.3. The Kier molecular flexibility index (Phi) is 14.1. The zero-order chi connectivity index (χ0) is 28.5. The minimum absolute atomic E-state index is 0. The third kappa shape index (κ3) is 10.5. The van der Waals surface area contributed by atoms with Crippen molar-refractivity contribution in [2.75, 3.05) is 0 Å². The van der Waals surface area contributed by atoms with Gasteiger partial charge in [-0.05, 0) is 53.8 Å². The van der Waals surface area contributed by atoms with Crippen molar-refractivity contribution < 1.29 is 43.2 Å². The van der Waals surface area contributed by atoms with Gasteiger partial charge in [-0.1, -0.05) is 59.7 Å². The van der Waals surface area contributed by atoms with E-state index in [1.165, 1.54) is 12.1 Å². The topological polar surface area (TPSA) is 50.2 Å². The second-order valence-electron chi connectivity index (χ2n) is 9.76. The number of hydrogen-bond acceptors (Lipinski definition) is 3. The number of nitrogens with zero attached hydrogens (tertiary/aromatic N) is 1. The van der Waals surface area contributed by atoms with Gasteiger partial charge in [0, 0.05) is 44.2 Å². The summed E-state index contributed by atoms with van der Waals surface area (Å²) in [5, 5.41) is 11.3. The SMILES string of the molecule is CCC(CC)C(=O)/C=C(\O)C(CC)CC.Cc1[c-]c(-c2nccc3cc(CC(F)(F)F)ccc23)cc(C)c1.[Ir]. The summed E-state index contributed by atoms with van der Waals surface area (Å²) in [7, 11) is 0. The quantitative estimate of drug-likeness (QED) is 0.136. The summed E-state index contributed by atoms with van der Waals surface area (Å²) in [6, 6.07) is 13.8. The zero-order valence-corrected chi connectivity index (χ0v) is 26.0. The fraction of sp³-hybridized carbons (Fsp3) is 0.438. The van der Waals surface area contributed by atoms with Crippen LogP contribution in [0.25, 0.3) is 22.0 Å². The van der Waals surface area contributed by atoms with E-state index in [0.29, 0.717) is 0 Å². The number of aliphatic hydroxyl groups excluding tert-OH is 1. The van der Waals surface area contributed by atoms with Crippen molar-refractivity contribution in [3.8, 4) is 11.3 Å². The van der Waals surface area contributed by atoms with E-state index in [1.54, 1.807) is 24.4 Å². The molecule has 1 radical (unpaired) electrons. The van der Waals surface area contributed by atoms with Gasteiger partial charge in [-0.15, -0.1) is 34.9 Å². The monoisotopic (exact) mass is 719 g/mol. The van der Waals surface area contributed by atoms with Gasteiger partial charge in [0.25, 0.3) is 0 Å². The first kappa shape index (κ1) is 34.5. The normalized spacial score (nSPS) is 11.8. The van der Waals surface area contributed by atoms with Gasteiger partial charge in [-0.25, -0.2) is 0 Å². The second kappa shape index (κ2) is 15.9. The average Bonchev–Trinajstić information content (AvgIpc) is 2.84. The first-order valence-electron chi connectivity index (χ1n) is 13.3. The van der Waals surface area contributed by atoms with Gasteiger partial charge in [-0.3, -0.25) is 4.79 Å². The number of halogens is 3. The number of allylic oxidation sites excluding steroid dienone is 2. The van der Waals surface area contributed by atoms with Gasteiger partial charge < -0.3 is 10.1 Å². The van der Waals surface area contributed by atoms with Crippen molar-refractivity contribution in [1.29, 1.82) is 0 Å². The number of ketones is 1. The summed E-state index contributed by atoms with van der Waals surface area (Å²) in [4.78, 5) is 16.1. The van der Waals surface area contributed by atoms with E-state index in [0.717, 1.165) is 58.8 Å². The maximum absolute atomic E-state index is 12.6. The summed E-state index contributed by atoms with van der Waals surface area (Å²) >= 11 is 0. The molecule has 1 N–H and O–H groups in total. The molecule has 0 aliphatic rings. The number of alkyl halides is 3. The molecule has 3 aromatic rings. The minimum atomic E-state index is -4.20. The van der Waals surface area contributed by atoms with Crippen molar-refractivity contribution >= 4 is 16.6 Å². The molecular formula is C32H39F3IrNO2-. The molecule has 215 valence electrons. The molecule has 0 bridgehead atoms. The summed E-state index contributed by atoms with van der Waals surface area (Å²) in [5.41, 5.74) is 3.97. The Balaban J connectivity index is 0.000000418. The van der Waals surface area contributed by atoms with Crippen molar-refractivity contribution in [1.82, 2.24) is 4.98 Å². The fourth-order valence-electron chi connectivity index (χ4n) is 4.59. The first-order chi connectivity index (χ1) is 17.9. The standard InChI is InChI=1S/C19H15F3N.C13H24O2.Ir/c1-12-7-13(2)9-16(8-12)18-17-4-3-14(11-19(20,21)22)10-15(17)5-6-23-18;1-5-10(6-2)12(14)9-13(15)11(7-3)8-4;/h3-8,10H,11H2,1-2H3;9-11,14H,5-8H2,1-4H3;/q-1;;/b;12-9-;. The molecule has 0 aliphatic heterocycles. The predicted octanol–water partition coefficient (Wildman–Crippen LogP) is 9.29. The number of aliphatic hydroxyl groups is 1. The Morgan fingerprint density at radius 1 is 0.974 bits per heavy atom. The van der Waals surface area contributed by atoms with Gasteiger partial charge in [0.1, 0.15) is 0 Å². The van der Waals surface area contributed by atoms with E-state index in [1.807, 2.05) is 53.7 Å². The molecule has 0 amide bonds. The molecule has 7 heteroatoms. The van der Waals surface area contributed by atoms with E-state index in [-0.39, 0.29) is 49.0 Å². The van der Waals surface area contributed by atoms with Gasteiger partial charge in [0.15, 0.2) is 5.78 Å². The maximum Gasteiger partial charge on any atom is 0.393 e. The molecule has 0 aliphatic carbocycles. The Labute approximate surface area is 244 Å². The molecule has 0 saturated heterocycles. The van der Waals surface area contributed by atoms with Crippen molar-refractivity contribution in [3.05, 3.63) is 77.2 Å². The number of rotatable bonds is 9. The van der Waals surface area contributed by atoms with E-state index in [4.69, 9.17) is 0 Å². The molecular weight excluding hydrogens is 680 g/mol. The van der Waals surface area contributed by atoms with Crippen LogP contribution in [-0.2, 0) is 31.3 Å². The zero-order valence-electron chi connectivity index (χ0n) is 23.6. The van der Waals surface area contributed by atoms with Crippen LogP contribution in [0.4, 0.5) is 13.2 Å². The molecule has 0 spiro atoms. The van der Waals surface area contributed by atoms with Crippen LogP contribution in [0.2, 0.25) is 0 Å². The number of aryl methyl sites for hydroxylation is 2. The fourth-order valence-corrected chi connectivity index (χ4v) is 4.59. The summed E-state index contributed by atoms with van der Waals surface area (Å²) in [5.74, 6) is 0.547. The number of fused-ring (bicyclic) bond motifs is 1. The molecule has 3 nitrogen and oxygen atoms in total. The summed E-state index contributed by atoms with van der Waals surface area (Å²) in [6.45, 7) is 12.0. The van der Waals surface area contributed by atoms with Gasteiger partial charge in [0.2, 0.25) is 0 Å². The van der Waals surface area contributed by atoms with E-state index in [9.17, 15) is 23.1 Å². The van der Waals surface area contributed by atoms with E-state index >= 15 is 0 Å². The van der Waals surface area contributed by atoms with Crippen LogP contribution in [-0.4, -0.2) is 22.1 Å². The predicted molar refractivity (Wildman–Crippen MR) is 149 cm³/mol. The van der Waals surface area contributed by atoms with E-state index < -0.39 is 12.6 Å². The summed E-state index contributed by atoms with van der Waals surface area (Å²) in [6.07, 6.45) is 1.41. The van der Waals surface area contributed by atoms with Crippen molar-refractivity contribution in [2.24, 2.45) is 11.8 Å². The Bertz CT molecular complexity index is 1230. The molecule has 0 fully saturated rings. The van der Waals surface area contributed by atoms with Crippen molar-refractivity contribution in [3.63, 3.8) is 0 Å². The van der Waals surface area contributed by atoms with E-state index in [2.05, 4.69) is 11.1 Å². The number of aromatic nitrogens is 1. The molecule has 1 aromatic heterocycles. The number of benzene rings is 2. The van der Waals surface area contributed by atoms with Gasteiger partial charge >= 0.3 is 6.18 Å². The van der Waals surface area contributed by atoms with Gasteiger partial charge in [-0.2, -0.15) is 13.2 Å². The molecule has 1 heterocycles. The average molecular weight is 719 g/mol. The van der Waals surface area contributed by atoms with Crippen LogP contribution < -0.4 is 0 Å². The van der Waals surface area contributed by atoms with Crippen LogP contribution in [0.15, 0.2) is 54.4 Å².